The summed E-state index contributed by atoms with van der Waals surface area (Å²) in [6.45, 7) is 3.96. The van der Waals surface area contributed by atoms with Crippen LogP contribution in [-0.4, -0.2) is 20.5 Å². The molecule has 0 spiro atoms. The number of aromatic nitrogens is 3. The Morgan fingerprint density at radius 2 is 2.20 bits per heavy atom. The van der Waals surface area contributed by atoms with Crippen molar-refractivity contribution >= 4 is 17.1 Å². The van der Waals surface area contributed by atoms with E-state index < -0.39 is 0 Å². The van der Waals surface area contributed by atoms with E-state index in [1.54, 1.807) is 23.0 Å². The lowest BCUT2D eigenvalue weighted by atomic mass is 10.1. The number of carbonyl (C=O) groups excluding carboxylic acids is 1. The summed E-state index contributed by atoms with van der Waals surface area (Å²) in [7, 11) is 1.77. The Bertz CT molecular complexity index is 512. The highest BCUT2D eigenvalue weighted by atomic mass is 32.1. The molecule has 2 heterocycles. The van der Waals surface area contributed by atoms with Crippen molar-refractivity contribution in [1.29, 1.82) is 0 Å². The quantitative estimate of drug-likeness (QED) is 0.725. The van der Waals surface area contributed by atoms with Crippen LogP contribution in [0.1, 0.15) is 26.6 Å². The smallest absolute Gasteiger partial charge is 0.231 e. The molecule has 0 N–H and O–H groups in total. The highest BCUT2D eigenvalue weighted by Gasteiger charge is 2.18. The molecule has 0 aliphatic heterocycles. The average molecular weight is 221 g/mol. The van der Waals surface area contributed by atoms with E-state index in [9.17, 15) is 4.79 Å². The summed E-state index contributed by atoms with van der Waals surface area (Å²) in [6, 6.07) is 0. The predicted molar refractivity (Wildman–Crippen MR) is 58.2 cm³/mol. The van der Waals surface area contributed by atoms with Gasteiger partial charge in [-0.3, -0.25) is 4.79 Å². The Morgan fingerprint density at radius 3 is 2.67 bits per heavy atom. The molecule has 4 nitrogen and oxygen atoms in total. The van der Waals surface area contributed by atoms with Crippen LogP contribution < -0.4 is 0 Å². The van der Waals surface area contributed by atoms with Crippen LogP contribution in [-0.2, 0) is 7.05 Å². The number of aryl methyl sites for hydroxylation is 2. The van der Waals surface area contributed by atoms with E-state index >= 15 is 0 Å². The maximum absolute atomic E-state index is 12.0. The topological polar surface area (TPSA) is 47.8 Å². The van der Waals surface area contributed by atoms with E-state index in [0.29, 0.717) is 5.82 Å². The second-order valence-corrected chi connectivity index (χ2v) is 4.51. The summed E-state index contributed by atoms with van der Waals surface area (Å²) in [6.07, 6.45) is 1.53. The number of hydrogen-bond acceptors (Lipinski definition) is 4. The molecule has 0 radical (unpaired) electrons. The summed E-state index contributed by atoms with van der Waals surface area (Å²) in [5.41, 5.74) is 1.77. The van der Waals surface area contributed by atoms with Gasteiger partial charge in [-0.1, -0.05) is 0 Å². The minimum absolute atomic E-state index is 0.0585. The largest absolute Gasteiger partial charge is 0.314 e. The maximum Gasteiger partial charge on any atom is 0.231 e. The van der Waals surface area contributed by atoms with E-state index in [1.165, 1.54) is 11.2 Å². The van der Waals surface area contributed by atoms with Crippen molar-refractivity contribution in [1.82, 2.24) is 14.8 Å². The van der Waals surface area contributed by atoms with Gasteiger partial charge in [0.2, 0.25) is 11.6 Å². The molecule has 78 valence electrons. The number of carbonyl (C=O) groups is 1. The summed E-state index contributed by atoms with van der Waals surface area (Å²) in [5.74, 6) is 0.327. The molecule has 0 aliphatic rings. The van der Waals surface area contributed by atoms with Crippen molar-refractivity contribution in [2.45, 2.75) is 13.8 Å². The lowest BCUT2D eigenvalue weighted by Crippen LogP contribution is -2.09. The SMILES string of the molecule is Cc1scc(C(=O)c2nncn2C)c1C. The van der Waals surface area contributed by atoms with Gasteiger partial charge >= 0.3 is 0 Å². The van der Waals surface area contributed by atoms with E-state index in [4.69, 9.17) is 0 Å². The molecule has 2 aromatic rings. The molecule has 2 aromatic heterocycles. The summed E-state index contributed by atoms with van der Waals surface area (Å²) in [5, 5.41) is 9.39. The van der Waals surface area contributed by atoms with E-state index in [1.807, 2.05) is 19.2 Å². The Labute approximate surface area is 91.6 Å². The molecule has 0 fully saturated rings. The molecule has 5 heteroatoms. The monoisotopic (exact) mass is 221 g/mol. The third-order valence-electron chi connectivity index (χ3n) is 2.44. The average Bonchev–Trinajstić information content (AvgIpc) is 2.75. The first-order valence-electron chi connectivity index (χ1n) is 4.54. The fourth-order valence-electron chi connectivity index (χ4n) is 1.35. The summed E-state index contributed by atoms with van der Waals surface area (Å²) >= 11 is 1.58. The van der Waals surface area contributed by atoms with Gasteiger partial charge in [-0.2, -0.15) is 0 Å². The van der Waals surface area contributed by atoms with Crippen LogP contribution in [0.25, 0.3) is 0 Å². The van der Waals surface area contributed by atoms with Crippen LogP contribution >= 0.6 is 11.3 Å². The second kappa shape index (κ2) is 3.58. The van der Waals surface area contributed by atoms with Crippen LogP contribution in [0.15, 0.2) is 11.7 Å². The fraction of sp³-hybridized carbons (Fsp3) is 0.300. The number of hydrogen-bond donors (Lipinski definition) is 0. The van der Waals surface area contributed by atoms with Crippen molar-refractivity contribution in [3.8, 4) is 0 Å². The lowest BCUT2D eigenvalue weighted by Gasteiger charge is -1.99. The molecule has 0 unspecified atom stereocenters. The predicted octanol–water partition coefficient (Wildman–Crippen LogP) is 1.72. The van der Waals surface area contributed by atoms with Crippen molar-refractivity contribution in [2.75, 3.05) is 0 Å². The Balaban J connectivity index is 2.46. The van der Waals surface area contributed by atoms with Crippen molar-refractivity contribution in [3.05, 3.63) is 33.5 Å². The van der Waals surface area contributed by atoms with Crippen molar-refractivity contribution in [2.24, 2.45) is 7.05 Å². The van der Waals surface area contributed by atoms with Gasteiger partial charge in [0.1, 0.15) is 6.33 Å². The third-order valence-corrected chi connectivity index (χ3v) is 3.46. The van der Waals surface area contributed by atoms with Crippen LogP contribution in [0.5, 0.6) is 0 Å². The van der Waals surface area contributed by atoms with E-state index in [2.05, 4.69) is 10.2 Å². The normalized spacial score (nSPS) is 10.6. The van der Waals surface area contributed by atoms with Gasteiger partial charge in [0.25, 0.3) is 0 Å². The lowest BCUT2D eigenvalue weighted by molar-refractivity contribution is 0.102. The molecular formula is C10H11N3OS. The second-order valence-electron chi connectivity index (χ2n) is 3.43. The number of nitrogens with zero attached hydrogens (tertiary/aromatic N) is 3. The molecule has 0 aromatic carbocycles. The van der Waals surface area contributed by atoms with E-state index in [0.717, 1.165) is 11.1 Å². The van der Waals surface area contributed by atoms with Crippen LogP contribution in [0.4, 0.5) is 0 Å². The molecule has 0 atom stereocenters. The zero-order chi connectivity index (χ0) is 11.0. The molecule has 0 saturated carbocycles. The minimum atomic E-state index is -0.0585. The number of ketones is 1. The van der Waals surface area contributed by atoms with Crippen molar-refractivity contribution < 1.29 is 4.79 Å². The van der Waals surface area contributed by atoms with Crippen LogP contribution in [0.3, 0.4) is 0 Å². The fourth-order valence-corrected chi connectivity index (χ4v) is 2.21. The Hall–Kier alpha value is -1.49. The third kappa shape index (κ3) is 1.59. The van der Waals surface area contributed by atoms with Gasteiger partial charge in [0.15, 0.2) is 0 Å². The molecular weight excluding hydrogens is 210 g/mol. The summed E-state index contributed by atoms with van der Waals surface area (Å²) < 4.78 is 1.63. The molecule has 15 heavy (non-hydrogen) atoms. The zero-order valence-corrected chi connectivity index (χ0v) is 9.63. The zero-order valence-electron chi connectivity index (χ0n) is 8.81. The van der Waals surface area contributed by atoms with Crippen LogP contribution in [0.2, 0.25) is 0 Å². The molecule has 0 aliphatic carbocycles. The maximum atomic E-state index is 12.0. The molecule has 2 rings (SSSR count). The number of rotatable bonds is 2. The summed E-state index contributed by atoms with van der Waals surface area (Å²) in [4.78, 5) is 13.2. The van der Waals surface area contributed by atoms with Crippen LogP contribution in [0, 0.1) is 13.8 Å². The van der Waals surface area contributed by atoms with Gasteiger partial charge in [-0.15, -0.1) is 21.5 Å². The van der Waals surface area contributed by atoms with Gasteiger partial charge in [0, 0.05) is 22.9 Å². The highest BCUT2D eigenvalue weighted by Crippen LogP contribution is 2.22. The van der Waals surface area contributed by atoms with Gasteiger partial charge in [-0.05, 0) is 19.4 Å². The first-order valence-corrected chi connectivity index (χ1v) is 5.42. The van der Waals surface area contributed by atoms with Gasteiger partial charge in [-0.25, -0.2) is 0 Å². The van der Waals surface area contributed by atoms with E-state index in [-0.39, 0.29) is 5.78 Å². The Morgan fingerprint density at radius 1 is 1.47 bits per heavy atom. The standard InChI is InChI=1S/C10H11N3OS/c1-6-7(2)15-4-8(6)9(14)10-12-11-5-13(10)3/h4-5H,1-3H3. The number of thiophene rings is 1. The minimum Gasteiger partial charge on any atom is -0.314 e. The molecule has 0 saturated heterocycles. The first-order chi connectivity index (χ1) is 7.11. The van der Waals surface area contributed by atoms with Gasteiger partial charge < -0.3 is 4.57 Å². The first kappa shape index (κ1) is 10.0. The van der Waals surface area contributed by atoms with Gasteiger partial charge in [0.05, 0.1) is 0 Å². The molecule has 0 bridgehead atoms. The Kier molecular flexibility index (Phi) is 2.40. The highest BCUT2D eigenvalue weighted by molar-refractivity contribution is 7.10. The van der Waals surface area contributed by atoms with Crippen molar-refractivity contribution in [3.63, 3.8) is 0 Å². The molecule has 0 amide bonds.